The van der Waals surface area contributed by atoms with Crippen LogP contribution in [0, 0.1) is 0 Å². The molecule has 0 heteroatoms. The van der Waals surface area contributed by atoms with Crippen LogP contribution in [0.15, 0.2) is 133 Å². The fraction of sp³-hybridized carbons (Fsp3) is 0. The first-order valence-electron chi connectivity index (χ1n) is 14.8. The van der Waals surface area contributed by atoms with Crippen LogP contribution in [0.2, 0.25) is 0 Å². The molecule has 0 N–H and O–H groups in total. The maximum atomic E-state index is 2.38. The van der Waals surface area contributed by atoms with Crippen molar-refractivity contribution >= 4 is 75.4 Å². The first kappa shape index (κ1) is 21.3. The van der Waals surface area contributed by atoms with Gasteiger partial charge in [-0.05, 0) is 109 Å². The van der Waals surface area contributed by atoms with E-state index in [4.69, 9.17) is 0 Å². The Morgan fingerprint density at radius 2 is 0.738 bits per heavy atom. The highest BCUT2D eigenvalue weighted by Crippen LogP contribution is 2.53. The lowest BCUT2D eigenvalue weighted by Gasteiger charge is -2.14. The van der Waals surface area contributed by atoms with Gasteiger partial charge in [0.05, 0.1) is 0 Å². The van der Waals surface area contributed by atoms with Gasteiger partial charge in [0.1, 0.15) is 0 Å². The van der Waals surface area contributed by atoms with E-state index in [1.54, 1.807) is 0 Å². The maximum Gasteiger partial charge on any atom is -0.00137 e. The normalized spacial score (nSPS) is 12.8. The number of hydrogen-bond donors (Lipinski definition) is 0. The number of rotatable bonds is 1. The van der Waals surface area contributed by atoms with Crippen molar-refractivity contribution in [3.63, 3.8) is 0 Å². The summed E-state index contributed by atoms with van der Waals surface area (Å²) < 4.78 is 0. The van der Waals surface area contributed by atoms with Crippen molar-refractivity contribution in [3.05, 3.63) is 133 Å². The van der Waals surface area contributed by atoms with E-state index in [2.05, 4.69) is 133 Å². The van der Waals surface area contributed by atoms with Crippen LogP contribution in [0.25, 0.3) is 109 Å². The molecule has 11 rings (SSSR count). The molecule has 0 nitrogen and oxygen atoms in total. The third-order valence-electron chi connectivity index (χ3n) is 10.1. The number of benzene rings is 8. The predicted molar refractivity (Wildman–Crippen MR) is 181 cm³/mol. The molecule has 0 amide bonds. The second kappa shape index (κ2) is 7.24. The quantitative estimate of drug-likeness (QED) is 0.199. The Morgan fingerprint density at radius 3 is 1.55 bits per heavy atom. The van der Waals surface area contributed by atoms with E-state index in [0.29, 0.717) is 0 Å². The van der Waals surface area contributed by atoms with E-state index in [1.807, 2.05) is 0 Å². The lowest BCUT2D eigenvalue weighted by atomic mass is 9.89. The van der Waals surface area contributed by atoms with E-state index in [1.165, 1.54) is 109 Å². The largest absolute Gasteiger partial charge is 0.0616 e. The Bertz CT molecular complexity index is 2770. The maximum absolute atomic E-state index is 2.38. The van der Waals surface area contributed by atoms with Crippen molar-refractivity contribution in [2.24, 2.45) is 0 Å². The summed E-state index contributed by atoms with van der Waals surface area (Å²) in [6.07, 6.45) is 0. The molecule has 0 atom stereocenters. The summed E-state index contributed by atoms with van der Waals surface area (Å²) in [6.45, 7) is 0. The van der Waals surface area contributed by atoms with Gasteiger partial charge < -0.3 is 0 Å². The Balaban J connectivity index is 1.31. The molecule has 1 aliphatic rings. The molecule has 1 aliphatic carbocycles. The molecule has 0 saturated carbocycles. The second-order valence-electron chi connectivity index (χ2n) is 11.9. The van der Waals surface area contributed by atoms with Crippen LogP contribution in [0.1, 0.15) is 0 Å². The highest BCUT2D eigenvalue weighted by Gasteiger charge is 2.26. The van der Waals surface area contributed by atoms with Gasteiger partial charge >= 0.3 is 0 Å². The fourth-order valence-electron chi connectivity index (χ4n) is 8.50. The topological polar surface area (TPSA) is 0 Å². The molecule has 10 aromatic rings. The van der Waals surface area contributed by atoms with Gasteiger partial charge in [-0.3, -0.25) is 0 Å². The van der Waals surface area contributed by atoms with E-state index in [9.17, 15) is 0 Å². The molecule has 0 bridgehead atoms. The van der Waals surface area contributed by atoms with Gasteiger partial charge in [-0.25, -0.2) is 0 Å². The molecule has 0 fully saturated rings. The van der Waals surface area contributed by atoms with Crippen LogP contribution >= 0.6 is 0 Å². The SMILES string of the molecule is c1ccc2c(c1)-c1cccc3ccc(-c4ccc5c6ccc7c8cccc9cccc(c98)c7c6c6cccc4c56)c-2c13. The van der Waals surface area contributed by atoms with Gasteiger partial charge in [-0.1, -0.05) is 133 Å². The van der Waals surface area contributed by atoms with Crippen molar-refractivity contribution in [2.45, 2.75) is 0 Å². The molecule has 0 radical (unpaired) electrons. The molecular formula is C42H22. The summed E-state index contributed by atoms with van der Waals surface area (Å²) in [4.78, 5) is 0. The second-order valence-corrected chi connectivity index (χ2v) is 11.9. The summed E-state index contributed by atoms with van der Waals surface area (Å²) in [7, 11) is 0. The summed E-state index contributed by atoms with van der Waals surface area (Å²) in [6, 6.07) is 50.2. The van der Waals surface area contributed by atoms with Crippen LogP contribution in [0.3, 0.4) is 0 Å². The zero-order chi connectivity index (χ0) is 27.1. The molecule has 0 heterocycles. The van der Waals surface area contributed by atoms with Crippen LogP contribution in [0.4, 0.5) is 0 Å². The molecular weight excluding hydrogens is 504 g/mol. The van der Waals surface area contributed by atoms with Crippen molar-refractivity contribution in [3.8, 4) is 33.4 Å². The Hall–Kier alpha value is -5.46. The molecule has 0 aliphatic heterocycles. The van der Waals surface area contributed by atoms with Crippen LogP contribution in [-0.2, 0) is 0 Å². The van der Waals surface area contributed by atoms with Gasteiger partial charge in [-0.15, -0.1) is 0 Å². The lowest BCUT2D eigenvalue weighted by Crippen LogP contribution is -1.87. The first-order valence-corrected chi connectivity index (χ1v) is 14.8. The highest BCUT2D eigenvalue weighted by molar-refractivity contribution is 6.44. The third-order valence-corrected chi connectivity index (χ3v) is 10.1. The lowest BCUT2D eigenvalue weighted by molar-refractivity contribution is 1.68. The van der Waals surface area contributed by atoms with Gasteiger partial charge in [-0.2, -0.15) is 0 Å². The summed E-state index contributed by atoms with van der Waals surface area (Å²) in [5, 5.41) is 19.1. The zero-order valence-corrected chi connectivity index (χ0v) is 22.7. The monoisotopic (exact) mass is 526 g/mol. The summed E-state index contributed by atoms with van der Waals surface area (Å²) in [5.41, 5.74) is 8.04. The number of fused-ring (bicyclic) bond motifs is 10. The van der Waals surface area contributed by atoms with E-state index in [0.717, 1.165) is 0 Å². The summed E-state index contributed by atoms with van der Waals surface area (Å²) in [5.74, 6) is 0. The molecule has 0 unspecified atom stereocenters. The smallest absolute Gasteiger partial charge is 0.00137 e. The Kier molecular flexibility index (Phi) is 3.67. The van der Waals surface area contributed by atoms with Crippen molar-refractivity contribution in [2.75, 3.05) is 0 Å². The minimum Gasteiger partial charge on any atom is -0.0616 e. The standard InChI is InChI=1S/C42H22/c1-2-11-29-25(10-1)27-12-4-9-24-17-18-31(40(29)38(24)27)26-19-20-32-34-22-21-33-30-13-3-7-23-8-5-15-35(37(23)30)41(33)42(34)36-16-6-14-28(26)39(32)36/h1-22H. The number of hydrogen-bond acceptors (Lipinski definition) is 0. The van der Waals surface area contributed by atoms with Crippen molar-refractivity contribution < 1.29 is 0 Å². The average Bonchev–Trinajstić information content (AvgIpc) is 3.68. The van der Waals surface area contributed by atoms with Crippen LogP contribution < -0.4 is 0 Å². The van der Waals surface area contributed by atoms with Crippen LogP contribution in [0.5, 0.6) is 0 Å². The Labute approximate surface area is 241 Å². The third kappa shape index (κ3) is 2.35. The van der Waals surface area contributed by atoms with Gasteiger partial charge in [0.25, 0.3) is 0 Å². The molecule has 0 spiro atoms. The first-order chi connectivity index (χ1) is 20.9. The Morgan fingerprint density at radius 1 is 0.214 bits per heavy atom. The van der Waals surface area contributed by atoms with Crippen molar-refractivity contribution in [1.82, 2.24) is 0 Å². The zero-order valence-electron chi connectivity index (χ0n) is 22.7. The van der Waals surface area contributed by atoms with Crippen molar-refractivity contribution in [1.29, 1.82) is 0 Å². The van der Waals surface area contributed by atoms with Gasteiger partial charge in [0.15, 0.2) is 0 Å². The highest BCUT2D eigenvalue weighted by atomic mass is 14.3. The molecule has 10 aromatic carbocycles. The van der Waals surface area contributed by atoms with Gasteiger partial charge in [0, 0.05) is 0 Å². The minimum absolute atomic E-state index is 1.31. The molecule has 190 valence electrons. The van der Waals surface area contributed by atoms with Gasteiger partial charge in [0.2, 0.25) is 0 Å². The van der Waals surface area contributed by atoms with E-state index >= 15 is 0 Å². The predicted octanol–water partition coefficient (Wildman–Crippen LogP) is 11.9. The average molecular weight is 527 g/mol. The van der Waals surface area contributed by atoms with Crippen LogP contribution in [-0.4, -0.2) is 0 Å². The van der Waals surface area contributed by atoms with E-state index in [-0.39, 0.29) is 0 Å². The molecule has 0 saturated heterocycles. The fourth-order valence-corrected chi connectivity index (χ4v) is 8.50. The molecule has 42 heavy (non-hydrogen) atoms. The minimum atomic E-state index is 1.31. The summed E-state index contributed by atoms with van der Waals surface area (Å²) >= 11 is 0. The molecule has 0 aromatic heterocycles. The van der Waals surface area contributed by atoms with E-state index < -0.39 is 0 Å².